The Morgan fingerprint density at radius 1 is 1.15 bits per heavy atom. The summed E-state index contributed by atoms with van der Waals surface area (Å²) in [6, 6.07) is 16.4. The van der Waals surface area contributed by atoms with Crippen LogP contribution in [0.5, 0.6) is 0 Å². The van der Waals surface area contributed by atoms with Crippen LogP contribution in [0.3, 0.4) is 0 Å². The first-order valence-corrected chi connectivity index (χ1v) is 14.0. The van der Waals surface area contributed by atoms with Gasteiger partial charge in [-0.3, -0.25) is 14.2 Å². The number of anilines is 1. The summed E-state index contributed by atoms with van der Waals surface area (Å²) in [6.07, 6.45) is 3.91. The third-order valence-corrected chi connectivity index (χ3v) is 10.9. The molecule has 1 amide bonds. The molecule has 5 unspecified atom stereocenters. The number of thioether (sulfide) groups is 1. The Kier molecular flexibility index (Phi) is 5.54. The SMILES string of the molecule is Cc1cccc(NC(=O)Cn2c3c(sc2=O)C(c2ccc(Br)cc2)C2C4CCC(C4)C2S3)c1. The highest BCUT2D eigenvalue weighted by Crippen LogP contribution is 2.64. The minimum atomic E-state index is -0.154. The molecule has 0 saturated heterocycles. The Hall–Kier alpha value is -1.83. The summed E-state index contributed by atoms with van der Waals surface area (Å²) < 4.78 is 2.80. The molecule has 2 bridgehead atoms. The van der Waals surface area contributed by atoms with Crippen molar-refractivity contribution in [3.05, 3.63) is 78.7 Å². The average Bonchev–Trinajstić information content (AvgIpc) is 3.48. The highest BCUT2D eigenvalue weighted by Gasteiger charge is 2.55. The fourth-order valence-electron chi connectivity index (χ4n) is 6.20. The standard InChI is InChI=1S/C26H25BrN2O2S2/c1-14-3-2-4-19(11-14)28-20(30)13-29-25-24(33-26(29)31)21(15-7-9-18(27)10-8-15)22-16-5-6-17(12-16)23(22)32-25/h2-4,7-11,16-17,21-23H,5-6,12-13H2,1H3,(H,28,30). The van der Waals surface area contributed by atoms with Crippen LogP contribution in [-0.4, -0.2) is 15.7 Å². The maximum absolute atomic E-state index is 13.2. The molecular weight excluding hydrogens is 516 g/mol. The summed E-state index contributed by atoms with van der Waals surface area (Å²) in [5, 5.41) is 4.52. The number of halogens is 1. The van der Waals surface area contributed by atoms with Crippen LogP contribution < -0.4 is 10.2 Å². The number of aryl methyl sites for hydroxylation is 1. The van der Waals surface area contributed by atoms with Gasteiger partial charge in [-0.2, -0.15) is 0 Å². The lowest BCUT2D eigenvalue weighted by Crippen LogP contribution is -2.34. The second kappa shape index (κ2) is 8.43. The summed E-state index contributed by atoms with van der Waals surface area (Å²) in [5.41, 5.74) is 3.15. The van der Waals surface area contributed by atoms with Gasteiger partial charge in [0, 0.05) is 26.2 Å². The van der Waals surface area contributed by atoms with Gasteiger partial charge in [0.2, 0.25) is 5.91 Å². The zero-order valence-electron chi connectivity index (χ0n) is 18.3. The van der Waals surface area contributed by atoms with Crippen LogP contribution in [0.25, 0.3) is 0 Å². The molecule has 1 N–H and O–H groups in total. The lowest BCUT2D eigenvalue weighted by Gasteiger charge is -2.40. The van der Waals surface area contributed by atoms with Crippen molar-refractivity contribution in [1.29, 1.82) is 0 Å². The summed E-state index contributed by atoms with van der Waals surface area (Å²) in [7, 11) is 0. The van der Waals surface area contributed by atoms with Crippen LogP contribution in [0.1, 0.15) is 41.2 Å². The van der Waals surface area contributed by atoms with Crippen LogP contribution in [0.4, 0.5) is 5.69 Å². The van der Waals surface area contributed by atoms with Gasteiger partial charge in [-0.25, -0.2) is 0 Å². The third-order valence-electron chi connectivity index (χ3n) is 7.52. The van der Waals surface area contributed by atoms with Gasteiger partial charge in [-0.15, -0.1) is 11.8 Å². The minimum Gasteiger partial charge on any atom is -0.325 e. The fraction of sp³-hybridized carbons (Fsp3) is 0.385. The second-order valence-corrected chi connectivity index (χ2v) is 12.6. The quantitative estimate of drug-likeness (QED) is 0.424. The average molecular weight is 542 g/mol. The number of carbonyl (C=O) groups is 1. The number of carbonyl (C=O) groups excluding carboxylic acids is 1. The van der Waals surface area contributed by atoms with Crippen LogP contribution in [0.2, 0.25) is 0 Å². The van der Waals surface area contributed by atoms with Gasteiger partial charge in [0.15, 0.2) is 0 Å². The number of aromatic nitrogens is 1. The molecule has 2 aromatic carbocycles. The fourth-order valence-corrected chi connectivity index (χ4v) is 9.61. The number of hydrogen-bond acceptors (Lipinski definition) is 4. The van der Waals surface area contributed by atoms with Gasteiger partial charge in [0.1, 0.15) is 6.54 Å². The number of thiazole rings is 1. The number of rotatable bonds is 4. The maximum atomic E-state index is 13.2. The summed E-state index contributed by atoms with van der Waals surface area (Å²) in [5.74, 6) is 2.13. The van der Waals surface area contributed by atoms with Gasteiger partial charge >= 0.3 is 4.87 Å². The van der Waals surface area contributed by atoms with E-state index >= 15 is 0 Å². The number of amides is 1. The van der Waals surface area contributed by atoms with Gasteiger partial charge in [0.25, 0.3) is 0 Å². The zero-order chi connectivity index (χ0) is 22.7. The first kappa shape index (κ1) is 21.7. The molecule has 2 saturated carbocycles. The van der Waals surface area contributed by atoms with E-state index in [2.05, 4.69) is 45.5 Å². The lowest BCUT2D eigenvalue weighted by molar-refractivity contribution is -0.116. The Morgan fingerprint density at radius 3 is 2.73 bits per heavy atom. The molecule has 1 aliphatic heterocycles. The van der Waals surface area contributed by atoms with Gasteiger partial charge in [-0.05, 0) is 79.3 Å². The molecule has 1 aromatic heterocycles. The molecule has 0 radical (unpaired) electrons. The normalized spacial score (nSPS) is 27.3. The van der Waals surface area contributed by atoms with Crippen molar-refractivity contribution in [3.63, 3.8) is 0 Å². The predicted octanol–water partition coefficient (Wildman–Crippen LogP) is 6.27. The molecule has 2 fully saturated rings. The van der Waals surface area contributed by atoms with E-state index in [1.165, 1.54) is 36.2 Å². The molecule has 2 aliphatic carbocycles. The van der Waals surface area contributed by atoms with Crippen molar-refractivity contribution in [1.82, 2.24) is 4.57 Å². The third kappa shape index (κ3) is 3.82. The molecule has 6 rings (SSSR count). The van der Waals surface area contributed by atoms with E-state index in [0.717, 1.165) is 37.5 Å². The van der Waals surface area contributed by atoms with Crippen LogP contribution in [-0.2, 0) is 11.3 Å². The first-order chi connectivity index (χ1) is 16.0. The van der Waals surface area contributed by atoms with Crippen molar-refractivity contribution in [2.45, 2.75) is 48.9 Å². The molecular formula is C26H25BrN2O2S2. The Balaban J connectivity index is 1.37. The maximum Gasteiger partial charge on any atom is 0.308 e. The Bertz CT molecular complexity index is 1280. The van der Waals surface area contributed by atoms with Crippen LogP contribution in [0, 0.1) is 24.7 Å². The molecule has 3 aromatic rings. The lowest BCUT2D eigenvalue weighted by atomic mass is 9.75. The van der Waals surface area contributed by atoms with Crippen molar-refractivity contribution in [3.8, 4) is 0 Å². The molecule has 0 spiro atoms. The number of benzene rings is 2. The van der Waals surface area contributed by atoms with Gasteiger partial charge < -0.3 is 5.32 Å². The van der Waals surface area contributed by atoms with Crippen molar-refractivity contribution in [2.24, 2.45) is 17.8 Å². The van der Waals surface area contributed by atoms with E-state index in [4.69, 9.17) is 0 Å². The molecule has 2 heterocycles. The van der Waals surface area contributed by atoms with Gasteiger partial charge in [-0.1, -0.05) is 51.5 Å². The van der Waals surface area contributed by atoms with E-state index in [1.54, 1.807) is 4.57 Å². The van der Waals surface area contributed by atoms with Crippen LogP contribution in [0.15, 0.2) is 62.8 Å². The molecule has 3 aliphatic rings. The van der Waals surface area contributed by atoms with E-state index in [1.807, 2.05) is 43.0 Å². The highest BCUT2D eigenvalue weighted by atomic mass is 79.9. The zero-order valence-corrected chi connectivity index (χ0v) is 21.5. The number of fused-ring (bicyclic) bond motifs is 6. The largest absolute Gasteiger partial charge is 0.325 e. The van der Waals surface area contributed by atoms with E-state index in [0.29, 0.717) is 11.2 Å². The van der Waals surface area contributed by atoms with Crippen molar-refractivity contribution in [2.75, 3.05) is 5.32 Å². The molecule has 4 nitrogen and oxygen atoms in total. The molecule has 7 heteroatoms. The number of nitrogens with one attached hydrogen (secondary N) is 1. The smallest absolute Gasteiger partial charge is 0.308 e. The molecule has 33 heavy (non-hydrogen) atoms. The van der Waals surface area contributed by atoms with E-state index in [-0.39, 0.29) is 23.2 Å². The Morgan fingerprint density at radius 2 is 1.94 bits per heavy atom. The second-order valence-electron chi connectivity index (χ2n) is 9.56. The number of nitrogens with zero attached hydrogens (tertiary/aromatic N) is 1. The van der Waals surface area contributed by atoms with Crippen molar-refractivity contribution >= 4 is 50.6 Å². The minimum absolute atomic E-state index is 0.0266. The monoisotopic (exact) mass is 540 g/mol. The van der Waals surface area contributed by atoms with Crippen LogP contribution >= 0.6 is 39.0 Å². The highest BCUT2D eigenvalue weighted by molar-refractivity contribution is 9.10. The Labute approximate surface area is 209 Å². The predicted molar refractivity (Wildman–Crippen MR) is 138 cm³/mol. The topological polar surface area (TPSA) is 51.1 Å². The van der Waals surface area contributed by atoms with Gasteiger partial charge in [0.05, 0.1) is 5.03 Å². The molecule has 5 atom stereocenters. The summed E-state index contributed by atoms with van der Waals surface area (Å²) in [4.78, 5) is 27.2. The first-order valence-electron chi connectivity index (χ1n) is 11.5. The summed E-state index contributed by atoms with van der Waals surface area (Å²) >= 11 is 6.78. The molecule has 170 valence electrons. The van der Waals surface area contributed by atoms with Crippen molar-refractivity contribution < 1.29 is 4.79 Å². The summed E-state index contributed by atoms with van der Waals surface area (Å²) in [6.45, 7) is 2.06. The van der Waals surface area contributed by atoms with E-state index in [9.17, 15) is 9.59 Å². The number of hydrogen-bond donors (Lipinski definition) is 1. The van der Waals surface area contributed by atoms with E-state index < -0.39 is 0 Å².